The molecule has 1 aromatic rings. The van der Waals surface area contributed by atoms with E-state index in [-0.39, 0.29) is 0 Å². The Morgan fingerprint density at radius 2 is 2.36 bits per heavy atom. The number of hydrogen-bond donors (Lipinski definition) is 0. The number of hydrogen-bond acceptors (Lipinski definition) is 3. The van der Waals surface area contributed by atoms with Crippen molar-refractivity contribution in [2.75, 3.05) is 0 Å². The molecule has 72 valence electrons. The highest BCUT2D eigenvalue weighted by molar-refractivity contribution is 9.10. The van der Waals surface area contributed by atoms with Gasteiger partial charge in [0.15, 0.2) is 12.4 Å². The van der Waals surface area contributed by atoms with E-state index in [9.17, 15) is 4.79 Å². The molecule has 0 N–H and O–H groups in total. The van der Waals surface area contributed by atoms with Crippen LogP contribution in [0.25, 0.3) is 0 Å². The molecule has 1 aromatic carbocycles. The first-order valence-corrected chi connectivity index (χ1v) is 4.78. The summed E-state index contributed by atoms with van der Waals surface area (Å²) in [5.74, 6) is 0.503. The van der Waals surface area contributed by atoms with Gasteiger partial charge in [-0.25, -0.2) is 0 Å². The first kappa shape index (κ1) is 10.7. The standard InChI is InChI=1S/C10H8BrNO2/c1-7(5-12)14-9-4-2-3-8(6-13)10(9)11/h2-4,6-7H,1H3. The SMILES string of the molecule is CC(C#N)Oc1cccc(C=O)c1Br. The molecule has 1 atom stereocenters. The van der Waals surface area contributed by atoms with Crippen molar-refractivity contribution in [1.82, 2.24) is 0 Å². The van der Waals surface area contributed by atoms with E-state index in [0.29, 0.717) is 15.8 Å². The molecular formula is C10H8BrNO2. The summed E-state index contributed by atoms with van der Waals surface area (Å²) in [6, 6.07) is 7.02. The fraction of sp³-hybridized carbons (Fsp3) is 0.200. The van der Waals surface area contributed by atoms with Gasteiger partial charge in [0.25, 0.3) is 0 Å². The number of nitriles is 1. The van der Waals surface area contributed by atoms with Gasteiger partial charge in [0.1, 0.15) is 11.8 Å². The lowest BCUT2D eigenvalue weighted by Crippen LogP contribution is -2.08. The Labute approximate surface area is 90.4 Å². The summed E-state index contributed by atoms with van der Waals surface area (Å²) < 4.78 is 5.85. The predicted octanol–water partition coefficient (Wildman–Crippen LogP) is 2.55. The average molecular weight is 254 g/mol. The fourth-order valence-electron chi connectivity index (χ4n) is 0.927. The Bertz CT molecular complexity index is 384. The highest BCUT2D eigenvalue weighted by atomic mass is 79.9. The Kier molecular flexibility index (Phi) is 3.66. The van der Waals surface area contributed by atoms with Crippen LogP contribution in [0.5, 0.6) is 5.75 Å². The average Bonchev–Trinajstić information content (AvgIpc) is 2.21. The molecule has 4 heteroatoms. The van der Waals surface area contributed by atoms with Gasteiger partial charge in [-0.1, -0.05) is 12.1 Å². The molecule has 1 unspecified atom stereocenters. The number of aldehydes is 1. The number of halogens is 1. The molecule has 0 bridgehead atoms. The van der Waals surface area contributed by atoms with Gasteiger partial charge in [-0.05, 0) is 28.9 Å². The quantitative estimate of drug-likeness (QED) is 0.779. The number of ether oxygens (including phenoxy) is 1. The summed E-state index contributed by atoms with van der Waals surface area (Å²) in [6.07, 6.45) is 0.196. The first-order valence-electron chi connectivity index (χ1n) is 3.99. The topological polar surface area (TPSA) is 50.1 Å². The predicted molar refractivity (Wildman–Crippen MR) is 55.2 cm³/mol. The van der Waals surface area contributed by atoms with E-state index in [0.717, 1.165) is 6.29 Å². The second-order valence-electron chi connectivity index (χ2n) is 2.67. The summed E-state index contributed by atoms with van der Waals surface area (Å²) in [5.41, 5.74) is 0.507. The van der Waals surface area contributed by atoms with Gasteiger partial charge >= 0.3 is 0 Å². The maximum Gasteiger partial charge on any atom is 0.181 e. The lowest BCUT2D eigenvalue weighted by Gasteiger charge is -2.10. The maximum absolute atomic E-state index is 10.6. The van der Waals surface area contributed by atoms with Crippen LogP contribution in [0.4, 0.5) is 0 Å². The summed E-state index contributed by atoms with van der Waals surface area (Å²) in [4.78, 5) is 10.6. The van der Waals surface area contributed by atoms with Gasteiger partial charge in [-0.2, -0.15) is 5.26 Å². The van der Waals surface area contributed by atoms with Crippen molar-refractivity contribution in [3.63, 3.8) is 0 Å². The zero-order valence-electron chi connectivity index (χ0n) is 7.53. The van der Waals surface area contributed by atoms with E-state index < -0.39 is 6.10 Å². The summed E-state index contributed by atoms with van der Waals surface area (Å²) in [7, 11) is 0. The number of carbonyl (C=O) groups is 1. The van der Waals surface area contributed by atoms with Crippen molar-refractivity contribution in [1.29, 1.82) is 5.26 Å². The molecule has 0 amide bonds. The molecule has 14 heavy (non-hydrogen) atoms. The highest BCUT2D eigenvalue weighted by Crippen LogP contribution is 2.28. The van der Waals surface area contributed by atoms with Crippen LogP contribution in [0.3, 0.4) is 0 Å². The van der Waals surface area contributed by atoms with Gasteiger partial charge in [0.2, 0.25) is 0 Å². The minimum atomic E-state index is -0.534. The Hall–Kier alpha value is -1.34. The normalized spacial score (nSPS) is 11.5. The Morgan fingerprint density at radius 3 is 2.93 bits per heavy atom. The Balaban J connectivity index is 2.99. The number of rotatable bonds is 3. The van der Waals surface area contributed by atoms with Gasteiger partial charge < -0.3 is 4.74 Å². The van der Waals surface area contributed by atoms with E-state index in [2.05, 4.69) is 15.9 Å². The molecule has 0 spiro atoms. The van der Waals surface area contributed by atoms with Gasteiger partial charge in [-0.15, -0.1) is 0 Å². The minimum Gasteiger partial charge on any atom is -0.475 e. The van der Waals surface area contributed by atoms with Crippen LogP contribution in [0, 0.1) is 11.3 Å². The molecular weight excluding hydrogens is 246 g/mol. The fourth-order valence-corrected chi connectivity index (χ4v) is 1.38. The van der Waals surface area contributed by atoms with Crippen molar-refractivity contribution >= 4 is 22.2 Å². The second-order valence-corrected chi connectivity index (χ2v) is 3.46. The van der Waals surface area contributed by atoms with E-state index in [4.69, 9.17) is 10.00 Å². The van der Waals surface area contributed by atoms with E-state index in [1.165, 1.54) is 0 Å². The molecule has 0 heterocycles. The number of carbonyl (C=O) groups excluding carboxylic acids is 1. The molecule has 1 rings (SSSR count). The Morgan fingerprint density at radius 1 is 1.64 bits per heavy atom. The molecule has 0 saturated heterocycles. The summed E-state index contributed by atoms with van der Waals surface area (Å²) in [5, 5.41) is 8.55. The molecule has 3 nitrogen and oxygen atoms in total. The van der Waals surface area contributed by atoms with E-state index in [1.807, 2.05) is 6.07 Å². The minimum absolute atomic E-state index is 0.503. The van der Waals surface area contributed by atoms with Crippen molar-refractivity contribution in [2.24, 2.45) is 0 Å². The maximum atomic E-state index is 10.6. The second kappa shape index (κ2) is 4.77. The first-order chi connectivity index (χ1) is 6.69. The molecule has 0 fully saturated rings. The lowest BCUT2D eigenvalue weighted by molar-refractivity contribution is 0.112. The smallest absolute Gasteiger partial charge is 0.181 e. The van der Waals surface area contributed by atoms with Crippen molar-refractivity contribution in [3.05, 3.63) is 28.2 Å². The van der Waals surface area contributed by atoms with Crippen molar-refractivity contribution in [3.8, 4) is 11.8 Å². The molecule has 0 aromatic heterocycles. The lowest BCUT2D eigenvalue weighted by atomic mass is 10.2. The third-order valence-electron chi connectivity index (χ3n) is 1.61. The van der Waals surface area contributed by atoms with Crippen LogP contribution < -0.4 is 4.74 Å². The molecule has 0 aliphatic carbocycles. The highest BCUT2D eigenvalue weighted by Gasteiger charge is 2.08. The van der Waals surface area contributed by atoms with Crippen LogP contribution in [0.15, 0.2) is 22.7 Å². The molecule has 0 radical (unpaired) electrons. The van der Waals surface area contributed by atoms with Crippen LogP contribution in [-0.2, 0) is 0 Å². The third kappa shape index (κ3) is 2.33. The van der Waals surface area contributed by atoms with E-state index >= 15 is 0 Å². The monoisotopic (exact) mass is 253 g/mol. The van der Waals surface area contributed by atoms with Crippen LogP contribution >= 0.6 is 15.9 Å². The van der Waals surface area contributed by atoms with Gasteiger partial charge in [-0.3, -0.25) is 4.79 Å². The summed E-state index contributed by atoms with van der Waals surface area (Å²) in [6.45, 7) is 1.64. The summed E-state index contributed by atoms with van der Waals surface area (Å²) >= 11 is 3.23. The van der Waals surface area contributed by atoms with Crippen LogP contribution in [0.1, 0.15) is 17.3 Å². The number of nitrogens with zero attached hydrogens (tertiary/aromatic N) is 1. The largest absolute Gasteiger partial charge is 0.475 e. The number of benzene rings is 1. The van der Waals surface area contributed by atoms with Gasteiger partial charge in [0.05, 0.1) is 4.47 Å². The van der Waals surface area contributed by atoms with E-state index in [1.54, 1.807) is 25.1 Å². The molecule has 0 aliphatic heterocycles. The van der Waals surface area contributed by atoms with Crippen molar-refractivity contribution in [2.45, 2.75) is 13.0 Å². The molecule has 0 aliphatic rings. The van der Waals surface area contributed by atoms with Crippen LogP contribution in [0.2, 0.25) is 0 Å². The third-order valence-corrected chi connectivity index (χ3v) is 2.45. The van der Waals surface area contributed by atoms with Gasteiger partial charge in [0, 0.05) is 5.56 Å². The van der Waals surface area contributed by atoms with Crippen LogP contribution in [-0.4, -0.2) is 12.4 Å². The zero-order chi connectivity index (χ0) is 10.6. The zero-order valence-corrected chi connectivity index (χ0v) is 9.11. The molecule has 0 saturated carbocycles. The van der Waals surface area contributed by atoms with Crippen molar-refractivity contribution < 1.29 is 9.53 Å².